The third-order valence-electron chi connectivity index (χ3n) is 1.89. The Balaban J connectivity index is 2.69. The SMILES string of the molecule is CC(N)C(C)Oc1ccccc1F. The second kappa shape index (κ2) is 4.23. The van der Waals surface area contributed by atoms with E-state index >= 15 is 0 Å². The Labute approximate surface area is 77.5 Å². The number of hydrogen-bond acceptors (Lipinski definition) is 2. The van der Waals surface area contributed by atoms with Gasteiger partial charge in [0.2, 0.25) is 0 Å². The summed E-state index contributed by atoms with van der Waals surface area (Å²) in [6.07, 6.45) is -0.183. The van der Waals surface area contributed by atoms with E-state index in [1.165, 1.54) is 6.07 Å². The molecule has 0 bridgehead atoms. The van der Waals surface area contributed by atoms with Crippen molar-refractivity contribution in [3.63, 3.8) is 0 Å². The smallest absolute Gasteiger partial charge is 0.165 e. The van der Waals surface area contributed by atoms with Gasteiger partial charge in [-0.25, -0.2) is 4.39 Å². The number of halogens is 1. The minimum Gasteiger partial charge on any atom is -0.486 e. The second-order valence-electron chi connectivity index (χ2n) is 3.11. The van der Waals surface area contributed by atoms with Crippen molar-refractivity contribution in [2.75, 3.05) is 0 Å². The third kappa shape index (κ3) is 2.70. The summed E-state index contributed by atoms with van der Waals surface area (Å²) in [6.45, 7) is 3.64. The van der Waals surface area contributed by atoms with Gasteiger partial charge in [0, 0.05) is 6.04 Å². The first-order chi connectivity index (χ1) is 6.11. The average molecular weight is 183 g/mol. The van der Waals surface area contributed by atoms with Gasteiger partial charge in [-0.3, -0.25) is 0 Å². The summed E-state index contributed by atoms with van der Waals surface area (Å²) < 4.78 is 18.4. The fraction of sp³-hybridized carbons (Fsp3) is 0.400. The summed E-state index contributed by atoms with van der Waals surface area (Å²) in [5.74, 6) is -0.0951. The number of para-hydroxylation sites is 1. The monoisotopic (exact) mass is 183 g/mol. The van der Waals surface area contributed by atoms with Crippen LogP contribution in [0, 0.1) is 5.82 Å². The number of benzene rings is 1. The summed E-state index contributed by atoms with van der Waals surface area (Å²) in [5, 5.41) is 0. The Morgan fingerprint density at radius 2 is 1.92 bits per heavy atom. The van der Waals surface area contributed by atoms with Gasteiger partial charge in [0.05, 0.1) is 0 Å². The highest BCUT2D eigenvalue weighted by Crippen LogP contribution is 2.17. The van der Waals surface area contributed by atoms with Crippen LogP contribution in [0.3, 0.4) is 0 Å². The van der Waals surface area contributed by atoms with Crippen molar-refractivity contribution in [3.05, 3.63) is 30.1 Å². The summed E-state index contributed by atoms with van der Waals surface area (Å²) in [4.78, 5) is 0. The molecule has 0 fully saturated rings. The molecular formula is C10H14FNO. The molecule has 0 aliphatic rings. The van der Waals surface area contributed by atoms with E-state index in [-0.39, 0.29) is 23.7 Å². The van der Waals surface area contributed by atoms with Gasteiger partial charge in [-0.2, -0.15) is 0 Å². The number of rotatable bonds is 3. The third-order valence-corrected chi connectivity index (χ3v) is 1.89. The molecule has 0 aromatic heterocycles. The molecule has 0 radical (unpaired) electrons. The molecule has 1 rings (SSSR count). The second-order valence-corrected chi connectivity index (χ2v) is 3.11. The minimum atomic E-state index is -0.352. The van der Waals surface area contributed by atoms with Crippen LogP contribution in [-0.2, 0) is 0 Å². The van der Waals surface area contributed by atoms with Crippen LogP contribution in [-0.4, -0.2) is 12.1 Å². The van der Waals surface area contributed by atoms with E-state index in [1.807, 2.05) is 13.8 Å². The van der Waals surface area contributed by atoms with Crippen molar-refractivity contribution in [2.45, 2.75) is 26.0 Å². The Hall–Kier alpha value is -1.09. The highest BCUT2D eigenvalue weighted by molar-refractivity contribution is 5.23. The van der Waals surface area contributed by atoms with E-state index in [0.717, 1.165) is 0 Å². The van der Waals surface area contributed by atoms with Gasteiger partial charge in [-0.15, -0.1) is 0 Å². The van der Waals surface area contributed by atoms with E-state index in [9.17, 15) is 4.39 Å². The molecule has 2 atom stereocenters. The van der Waals surface area contributed by atoms with Crippen LogP contribution < -0.4 is 10.5 Å². The number of ether oxygens (including phenoxy) is 1. The lowest BCUT2D eigenvalue weighted by Crippen LogP contribution is -2.33. The van der Waals surface area contributed by atoms with Crippen LogP contribution in [0.5, 0.6) is 5.75 Å². The fourth-order valence-electron chi connectivity index (χ4n) is 0.848. The number of hydrogen-bond donors (Lipinski definition) is 1. The van der Waals surface area contributed by atoms with Crippen LogP contribution in [0.15, 0.2) is 24.3 Å². The van der Waals surface area contributed by atoms with Gasteiger partial charge in [-0.1, -0.05) is 12.1 Å². The molecule has 0 spiro atoms. The molecule has 0 saturated carbocycles. The highest BCUT2D eigenvalue weighted by atomic mass is 19.1. The average Bonchev–Trinajstić information content (AvgIpc) is 2.08. The molecule has 1 aromatic rings. The minimum absolute atomic E-state index is 0.111. The molecule has 0 saturated heterocycles. The van der Waals surface area contributed by atoms with E-state index in [2.05, 4.69) is 0 Å². The number of nitrogens with two attached hydrogens (primary N) is 1. The molecular weight excluding hydrogens is 169 g/mol. The zero-order valence-corrected chi connectivity index (χ0v) is 7.83. The van der Waals surface area contributed by atoms with E-state index in [1.54, 1.807) is 18.2 Å². The largest absolute Gasteiger partial charge is 0.486 e. The Morgan fingerprint density at radius 1 is 1.31 bits per heavy atom. The van der Waals surface area contributed by atoms with Gasteiger partial charge in [0.1, 0.15) is 6.10 Å². The quantitative estimate of drug-likeness (QED) is 0.777. The molecule has 0 heterocycles. The van der Waals surface area contributed by atoms with Gasteiger partial charge in [0.25, 0.3) is 0 Å². The fourth-order valence-corrected chi connectivity index (χ4v) is 0.848. The van der Waals surface area contributed by atoms with Crippen LogP contribution in [0.2, 0.25) is 0 Å². The van der Waals surface area contributed by atoms with Crippen molar-refractivity contribution in [2.24, 2.45) is 5.73 Å². The predicted molar refractivity (Wildman–Crippen MR) is 50.1 cm³/mol. The molecule has 2 N–H and O–H groups in total. The first-order valence-corrected chi connectivity index (χ1v) is 4.28. The lowest BCUT2D eigenvalue weighted by molar-refractivity contribution is 0.188. The summed E-state index contributed by atoms with van der Waals surface area (Å²) in [5.41, 5.74) is 5.59. The first-order valence-electron chi connectivity index (χ1n) is 4.28. The molecule has 0 aliphatic carbocycles. The van der Waals surface area contributed by atoms with Crippen LogP contribution >= 0.6 is 0 Å². The van der Waals surface area contributed by atoms with Crippen LogP contribution in [0.1, 0.15) is 13.8 Å². The first kappa shape index (κ1) is 9.99. The van der Waals surface area contributed by atoms with Crippen molar-refractivity contribution in [3.8, 4) is 5.75 Å². The zero-order chi connectivity index (χ0) is 9.84. The van der Waals surface area contributed by atoms with Crippen molar-refractivity contribution in [1.82, 2.24) is 0 Å². The van der Waals surface area contributed by atoms with Crippen LogP contribution in [0.25, 0.3) is 0 Å². The summed E-state index contributed by atoms with van der Waals surface area (Å²) in [6, 6.07) is 6.20. The van der Waals surface area contributed by atoms with Crippen molar-refractivity contribution >= 4 is 0 Å². The zero-order valence-electron chi connectivity index (χ0n) is 7.83. The molecule has 0 amide bonds. The molecule has 2 unspecified atom stereocenters. The Kier molecular flexibility index (Phi) is 3.25. The molecule has 1 aromatic carbocycles. The lowest BCUT2D eigenvalue weighted by atomic mass is 10.2. The molecule has 2 nitrogen and oxygen atoms in total. The maximum absolute atomic E-state index is 13.0. The van der Waals surface area contributed by atoms with E-state index < -0.39 is 0 Å². The normalized spacial score (nSPS) is 15.1. The predicted octanol–water partition coefficient (Wildman–Crippen LogP) is 1.94. The van der Waals surface area contributed by atoms with Crippen molar-refractivity contribution in [1.29, 1.82) is 0 Å². The standard InChI is InChI=1S/C10H14FNO/c1-7(12)8(2)13-10-6-4-3-5-9(10)11/h3-8H,12H2,1-2H3. The maximum Gasteiger partial charge on any atom is 0.165 e. The Morgan fingerprint density at radius 3 is 2.46 bits per heavy atom. The van der Waals surface area contributed by atoms with Gasteiger partial charge < -0.3 is 10.5 Å². The molecule has 13 heavy (non-hydrogen) atoms. The van der Waals surface area contributed by atoms with Gasteiger partial charge in [-0.05, 0) is 26.0 Å². The van der Waals surface area contributed by atoms with E-state index in [4.69, 9.17) is 10.5 Å². The molecule has 3 heteroatoms. The summed E-state index contributed by atoms with van der Waals surface area (Å²) >= 11 is 0. The topological polar surface area (TPSA) is 35.2 Å². The van der Waals surface area contributed by atoms with Gasteiger partial charge in [0.15, 0.2) is 11.6 Å². The Bertz CT molecular complexity index is 275. The van der Waals surface area contributed by atoms with Crippen LogP contribution in [0.4, 0.5) is 4.39 Å². The van der Waals surface area contributed by atoms with E-state index in [0.29, 0.717) is 0 Å². The summed E-state index contributed by atoms with van der Waals surface area (Å²) in [7, 11) is 0. The highest BCUT2D eigenvalue weighted by Gasteiger charge is 2.10. The maximum atomic E-state index is 13.0. The lowest BCUT2D eigenvalue weighted by Gasteiger charge is -2.18. The van der Waals surface area contributed by atoms with Crippen molar-refractivity contribution < 1.29 is 9.13 Å². The molecule has 0 aliphatic heterocycles. The molecule has 72 valence electrons. The van der Waals surface area contributed by atoms with Gasteiger partial charge >= 0.3 is 0 Å².